The number of nitrogens with one attached hydrogen (secondary N) is 1. The summed E-state index contributed by atoms with van der Waals surface area (Å²) in [6.07, 6.45) is 1.11. The number of rotatable bonds is 4. The van der Waals surface area contributed by atoms with Gasteiger partial charge < -0.3 is 5.32 Å². The fourth-order valence-corrected chi connectivity index (χ4v) is 2.23. The van der Waals surface area contributed by atoms with Crippen LogP contribution in [0.15, 0.2) is 24.3 Å². The van der Waals surface area contributed by atoms with E-state index < -0.39 is 0 Å². The third kappa shape index (κ3) is 3.96. The van der Waals surface area contributed by atoms with E-state index in [1.165, 1.54) is 9.13 Å². The van der Waals surface area contributed by atoms with Crippen LogP contribution in [0.5, 0.6) is 0 Å². The molecule has 0 fully saturated rings. The van der Waals surface area contributed by atoms with Crippen LogP contribution in [0.1, 0.15) is 26.3 Å². The maximum Gasteiger partial charge on any atom is 0.0162 e. The van der Waals surface area contributed by atoms with Crippen molar-refractivity contribution in [2.24, 2.45) is 0 Å². The predicted molar refractivity (Wildman–Crippen MR) is 70.6 cm³/mol. The molecule has 0 saturated carbocycles. The summed E-state index contributed by atoms with van der Waals surface area (Å²) in [6.45, 7) is 6.61. The summed E-state index contributed by atoms with van der Waals surface area (Å²) in [5.41, 5.74) is 1.44. The molecule has 0 radical (unpaired) electrons. The molecule has 0 spiro atoms. The van der Waals surface area contributed by atoms with Crippen molar-refractivity contribution in [2.75, 3.05) is 0 Å². The Labute approximate surface area is 100 Å². The highest BCUT2D eigenvalue weighted by Gasteiger charge is 2.06. The molecule has 0 bridgehead atoms. The Morgan fingerprint density at radius 2 is 1.86 bits per heavy atom. The van der Waals surface area contributed by atoms with Gasteiger partial charge in [-0.1, -0.05) is 32.0 Å². The molecule has 0 amide bonds. The van der Waals surface area contributed by atoms with Crippen molar-refractivity contribution in [3.05, 3.63) is 33.4 Å². The fourth-order valence-electron chi connectivity index (χ4n) is 1.62. The molecule has 1 N–H and O–H groups in total. The third-order valence-electron chi connectivity index (χ3n) is 2.10. The Morgan fingerprint density at radius 3 is 2.43 bits per heavy atom. The lowest BCUT2D eigenvalue weighted by atomic mass is 10.1. The quantitative estimate of drug-likeness (QED) is 0.842. The molecular weight excluding hydrogens is 285 g/mol. The minimum atomic E-state index is 0.547. The molecule has 1 rings (SSSR count). The van der Waals surface area contributed by atoms with Crippen LogP contribution in [0, 0.1) is 3.57 Å². The Balaban J connectivity index is 2.56. The lowest BCUT2D eigenvalue weighted by Gasteiger charge is -2.17. The first-order chi connectivity index (χ1) is 6.59. The van der Waals surface area contributed by atoms with Crippen molar-refractivity contribution >= 4 is 22.6 Å². The van der Waals surface area contributed by atoms with E-state index in [0.29, 0.717) is 12.1 Å². The topological polar surface area (TPSA) is 12.0 Å². The van der Waals surface area contributed by atoms with Gasteiger partial charge in [0.25, 0.3) is 0 Å². The molecule has 1 atom stereocenters. The molecule has 2 heteroatoms. The minimum Gasteiger partial charge on any atom is -0.312 e. The number of benzene rings is 1. The molecular formula is C12H18IN. The van der Waals surface area contributed by atoms with Crippen LogP contribution in [-0.4, -0.2) is 12.1 Å². The molecule has 0 saturated heterocycles. The maximum atomic E-state index is 3.52. The SMILES string of the molecule is CC(C)NC(C)Cc1ccccc1I. The zero-order chi connectivity index (χ0) is 10.6. The minimum absolute atomic E-state index is 0.547. The van der Waals surface area contributed by atoms with Crippen molar-refractivity contribution in [3.63, 3.8) is 0 Å². The average Bonchev–Trinajstić information content (AvgIpc) is 2.07. The van der Waals surface area contributed by atoms with E-state index in [1.807, 2.05) is 0 Å². The molecule has 0 heterocycles. The third-order valence-corrected chi connectivity index (χ3v) is 3.15. The predicted octanol–water partition coefficient (Wildman–Crippen LogP) is 3.22. The second-order valence-corrected chi connectivity index (χ2v) is 5.18. The lowest BCUT2D eigenvalue weighted by molar-refractivity contribution is 0.487. The highest BCUT2D eigenvalue weighted by Crippen LogP contribution is 2.13. The summed E-state index contributed by atoms with van der Waals surface area (Å²) in [6, 6.07) is 9.68. The van der Waals surface area contributed by atoms with Gasteiger partial charge in [-0.2, -0.15) is 0 Å². The number of hydrogen-bond acceptors (Lipinski definition) is 1. The van der Waals surface area contributed by atoms with E-state index >= 15 is 0 Å². The largest absolute Gasteiger partial charge is 0.312 e. The normalized spacial score (nSPS) is 13.2. The molecule has 14 heavy (non-hydrogen) atoms. The van der Waals surface area contributed by atoms with Gasteiger partial charge in [0.05, 0.1) is 0 Å². The van der Waals surface area contributed by atoms with E-state index in [-0.39, 0.29) is 0 Å². The van der Waals surface area contributed by atoms with Crippen LogP contribution >= 0.6 is 22.6 Å². The van der Waals surface area contributed by atoms with Crippen LogP contribution in [0.2, 0.25) is 0 Å². The summed E-state index contributed by atoms with van der Waals surface area (Å²) in [5, 5.41) is 3.52. The van der Waals surface area contributed by atoms with Gasteiger partial charge in [-0.05, 0) is 47.6 Å². The summed E-state index contributed by atoms with van der Waals surface area (Å²) in [4.78, 5) is 0. The molecule has 0 aliphatic carbocycles. The van der Waals surface area contributed by atoms with Gasteiger partial charge in [-0.3, -0.25) is 0 Å². The van der Waals surface area contributed by atoms with Crippen LogP contribution < -0.4 is 5.32 Å². The molecule has 78 valence electrons. The van der Waals surface area contributed by atoms with Crippen molar-refractivity contribution in [2.45, 2.75) is 39.3 Å². The van der Waals surface area contributed by atoms with Crippen molar-refractivity contribution < 1.29 is 0 Å². The molecule has 1 aromatic carbocycles. The Kier molecular flexibility index (Phi) is 4.89. The van der Waals surface area contributed by atoms with E-state index in [2.05, 4.69) is 72.9 Å². The zero-order valence-electron chi connectivity index (χ0n) is 9.05. The lowest BCUT2D eigenvalue weighted by Crippen LogP contribution is -2.34. The summed E-state index contributed by atoms with van der Waals surface area (Å²) >= 11 is 2.40. The van der Waals surface area contributed by atoms with Gasteiger partial charge in [0.15, 0.2) is 0 Å². The van der Waals surface area contributed by atoms with Crippen LogP contribution in [0.3, 0.4) is 0 Å². The summed E-state index contributed by atoms with van der Waals surface area (Å²) < 4.78 is 1.36. The first kappa shape index (κ1) is 12.0. The van der Waals surface area contributed by atoms with Gasteiger partial charge in [0, 0.05) is 15.7 Å². The second kappa shape index (κ2) is 5.71. The molecule has 1 unspecified atom stereocenters. The van der Waals surface area contributed by atoms with Crippen LogP contribution in [0.4, 0.5) is 0 Å². The summed E-state index contributed by atoms with van der Waals surface area (Å²) in [5.74, 6) is 0. The highest BCUT2D eigenvalue weighted by molar-refractivity contribution is 14.1. The monoisotopic (exact) mass is 303 g/mol. The van der Waals surface area contributed by atoms with Crippen LogP contribution in [0.25, 0.3) is 0 Å². The van der Waals surface area contributed by atoms with Crippen molar-refractivity contribution in [1.29, 1.82) is 0 Å². The van der Waals surface area contributed by atoms with Gasteiger partial charge >= 0.3 is 0 Å². The van der Waals surface area contributed by atoms with E-state index in [1.54, 1.807) is 0 Å². The first-order valence-corrected chi connectivity index (χ1v) is 6.17. The van der Waals surface area contributed by atoms with Gasteiger partial charge in [0.1, 0.15) is 0 Å². The Bertz CT molecular complexity index is 283. The Hall–Kier alpha value is -0.0900. The molecule has 0 aliphatic rings. The van der Waals surface area contributed by atoms with E-state index in [9.17, 15) is 0 Å². The van der Waals surface area contributed by atoms with Gasteiger partial charge in [-0.25, -0.2) is 0 Å². The zero-order valence-corrected chi connectivity index (χ0v) is 11.2. The average molecular weight is 303 g/mol. The first-order valence-electron chi connectivity index (χ1n) is 5.09. The fraction of sp³-hybridized carbons (Fsp3) is 0.500. The molecule has 1 nitrogen and oxygen atoms in total. The van der Waals surface area contributed by atoms with Crippen molar-refractivity contribution in [1.82, 2.24) is 5.32 Å². The second-order valence-electron chi connectivity index (χ2n) is 4.02. The molecule has 0 aromatic heterocycles. The molecule has 0 aliphatic heterocycles. The van der Waals surface area contributed by atoms with Crippen molar-refractivity contribution in [3.8, 4) is 0 Å². The smallest absolute Gasteiger partial charge is 0.0162 e. The number of hydrogen-bond donors (Lipinski definition) is 1. The number of halogens is 1. The van der Waals surface area contributed by atoms with E-state index in [4.69, 9.17) is 0 Å². The molecule has 1 aromatic rings. The Morgan fingerprint density at radius 1 is 1.21 bits per heavy atom. The summed E-state index contributed by atoms with van der Waals surface area (Å²) in [7, 11) is 0. The van der Waals surface area contributed by atoms with E-state index in [0.717, 1.165) is 6.42 Å². The van der Waals surface area contributed by atoms with Crippen LogP contribution in [-0.2, 0) is 6.42 Å². The van der Waals surface area contributed by atoms with Gasteiger partial charge in [-0.15, -0.1) is 0 Å². The standard InChI is InChI=1S/C12H18IN/c1-9(2)14-10(3)8-11-6-4-5-7-12(11)13/h4-7,9-10,14H,8H2,1-3H3. The highest BCUT2D eigenvalue weighted by atomic mass is 127. The van der Waals surface area contributed by atoms with Gasteiger partial charge in [0.2, 0.25) is 0 Å². The maximum absolute atomic E-state index is 3.52.